The standard InChI is InChI=1S/C21H26F2N4O4S/c1-20(2,29)19(28)26-9-13-6-12(7-14(13)10-26)16-4-5-17-18(24-16)25(3)32(30,31)27(17)11-15-8-21(15,22)23/h4-6,13-15,29H,7-11H2,1-3H3. The molecule has 2 fully saturated rings. The number of nitrogens with zero attached hydrogens (tertiary/aromatic N) is 4. The maximum absolute atomic E-state index is 13.4. The Hall–Kier alpha value is -2.27. The molecule has 1 aromatic rings. The largest absolute Gasteiger partial charge is 0.381 e. The summed E-state index contributed by atoms with van der Waals surface area (Å²) in [4.78, 5) is 18.6. The summed E-state index contributed by atoms with van der Waals surface area (Å²) in [6.45, 7) is 3.79. The number of rotatable bonds is 4. The lowest BCUT2D eigenvalue weighted by molar-refractivity contribution is -0.146. The predicted octanol–water partition coefficient (Wildman–Crippen LogP) is 1.87. The second-order valence-corrected chi connectivity index (χ2v) is 11.7. The molecule has 4 aliphatic rings. The van der Waals surface area contributed by atoms with Crippen LogP contribution >= 0.6 is 0 Å². The zero-order valence-corrected chi connectivity index (χ0v) is 18.9. The number of hydrogen-bond acceptors (Lipinski definition) is 5. The molecule has 2 aliphatic heterocycles. The molecule has 0 bridgehead atoms. The van der Waals surface area contributed by atoms with Crippen LogP contribution in [-0.4, -0.2) is 67.5 Å². The number of halogens is 2. The average molecular weight is 469 g/mol. The van der Waals surface area contributed by atoms with Crippen LogP contribution in [0, 0.1) is 17.8 Å². The minimum atomic E-state index is -3.93. The first kappa shape index (κ1) is 21.6. The van der Waals surface area contributed by atoms with E-state index in [1.807, 2.05) is 0 Å². The highest BCUT2D eigenvalue weighted by Crippen LogP contribution is 2.51. The van der Waals surface area contributed by atoms with Crippen molar-refractivity contribution in [2.45, 2.75) is 38.2 Å². The number of pyridine rings is 1. The summed E-state index contributed by atoms with van der Waals surface area (Å²) in [6.07, 6.45) is 2.47. The normalized spacial score (nSPS) is 29.8. The SMILES string of the molecule is CN1c2nc(C3=CC4CN(C(=O)C(C)(C)O)CC4C3)ccc2N(CC2CC2(F)F)S1(=O)=O. The molecule has 1 N–H and O–H groups in total. The van der Waals surface area contributed by atoms with Crippen LogP contribution in [0.3, 0.4) is 0 Å². The topological polar surface area (TPSA) is 94.1 Å². The maximum atomic E-state index is 13.4. The van der Waals surface area contributed by atoms with E-state index in [1.165, 1.54) is 20.9 Å². The van der Waals surface area contributed by atoms with Gasteiger partial charge in [-0.2, -0.15) is 8.42 Å². The van der Waals surface area contributed by atoms with E-state index in [9.17, 15) is 27.1 Å². The van der Waals surface area contributed by atoms with Crippen molar-refractivity contribution in [3.05, 3.63) is 23.9 Å². The Morgan fingerprint density at radius 2 is 2.00 bits per heavy atom. The molecule has 3 heterocycles. The third-order valence-corrected chi connectivity index (χ3v) is 8.68. The van der Waals surface area contributed by atoms with Gasteiger partial charge in [0.05, 0.1) is 11.4 Å². The van der Waals surface area contributed by atoms with Crippen LogP contribution in [0.4, 0.5) is 20.3 Å². The van der Waals surface area contributed by atoms with Gasteiger partial charge in [0, 0.05) is 39.0 Å². The fourth-order valence-electron chi connectivity index (χ4n) is 4.94. The lowest BCUT2D eigenvalue weighted by Gasteiger charge is -2.25. The minimum Gasteiger partial charge on any atom is -0.381 e. The number of likely N-dealkylation sites (tertiary alicyclic amines) is 1. The molecule has 0 aromatic carbocycles. The number of aromatic nitrogens is 1. The van der Waals surface area contributed by atoms with Gasteiger partial charge in [-0.15, -0.1) is 0 Å². The summed E-state index contributed by atoms with van der Waals surface area (Å²) in [5.41, 5.74) is 0.550. The van der Waals surface area contributed by atoms with Crippen LogP contribution in [0.2, 0.25) is 0 Å². The summed E-state index contributed by atoms with van der Waals surface area (Å²) in [5.74, 6) is -3.45. The van der Waals surface area contributed by atoms with E-state index in [4.69, 9.17) is 0 Å². The third-order valence-electron chi connectivity index (χ3n) is 6.92. The number of allylic oxidation sites excluding steroid dienone is 1. The van der Waals surface area contributed by atoms with Crippen LogP contribution in [0.15, 0.2) is 18.2 Å². The zero-order valence-electron chi connectivity index (χ0n) is 18.1. The van der Waals surface area contributed by atoms with E-state index in [-0.39, 0.29) is 36.5 Å². The van der Waals surface area contributed by atoms with E-state index < -0.39 is 27.7 Å². The Labute approximate surface area is 185 Å². The highest BCUT2D eigenvalue weighted by atomic mass is 32.2. The molecular weight excluding hydrogens is 442 g/mol. The Bertz CT molecular complexity index is 1130. The molecule has 1 saturated heterocycles. The van der Waals surface area contributed by atoms with Crippen LogP contribution in [-0.2, 0) is 15.0 Å². The number of aliphatic hydroxyl groups is 1. The van der Waals surface area contributed by atoms with Gasteiger partial charge in [-0.25, -0.2) is 22.4 Å². The first-order valence-corrected chi connectivity index (χ1v) is 12.1. The molecule has 0 spiro atoms. The minimum absolute atomic E-state index is 0.154. The van der Waals surface area contributed by atoms with E-state index in [2.05, 4.69) is 11.1 Å². The molecule has 32 heavy (non-hydrogen) atoms. The van der Waals surface area contributed by atoms with Crippen molar-refractivity contribution in [1.29, 1.82) is 0 Å². The Kier molecular flexibility index (Phi) is 4.47. The third kappa shape index (κ3) is 3.28. The summed E-state index contributed by atoms with van der Waals surface area (Å²) >= 11 is 0. The van der Waals surface area contributed by atoms with Gasteiger partial charge in [0.2, 0.25) is 0 Å². The Morgan fingerprint density at radius 1 is 1.31 bits per heavy atom. The molecule has 2 aliphatic carbocycles. The molecule has 3 atom stereocenters. The number of fused-ring (bicyclic) bond motifs is 2. The van der Waals surface area contributed by atoms with Crippen molar-refractivity contribution >= 4 is 33.2 Å². The molecule has 1 saturated carbocycles. The summed E-state index contributed by atoms with van der Waals surface area (Å²) < 4.78 is 54.5. The highest BCUT2D eigenvalue weighted by Gasteiger charge is 2.59. The summed E-state index contributed by atoms with van der Waals surface area (Å²) in [7, 11) is -2.55. The van der Waals surface area contributed by atoms with Gasteiger partial charge in [-0.3, -0.25) is 4.79 Å². The number of hydrogen-bond donors (Lipinski definition) is 1. The quantitative estimate of drug-likeness (QED) is 0.728. The first-order chi connectivity index (χ1) is 14.8. The van der Waals surface area contributed by atoms with Crippen LogP contribution in [0.25, 0.3) is 5.57 Å². The molecule has 11 heteroatoms. The molecular formula is C21H26F2N4O4S. The van der Waals surface area contributed by atoms with Gasteiger partial charge in [0.15, 0.2) is 5.82 Å². The Morgan fingerprint density at radius 3 is 2.59 bits per heavy atom. The smallest absolute Gasteiger partial charge is 0.327 e. The maximum Gasteiger partial charge on any atom is 0.327 e. The second-order valence-electron chi connectivity index (χ2n) is 9.80. The number of amides is 1. The fourth-order valence-corrected chi connectivity index (χ4v) is 6.35. The highest BCUT2D eigenvalue weighted by molar-refractivity contribution is 7.94. The number of carbonyl (C=O) groups excluding carboxylic acids is 1. The monoisotopic (exact) mass is 468 g/mol. The van der Waals surface area contributed by atoms with Crippen molar-refractivity contribution in [2.75, 3.05) is 35.3 Å². The molecule has 1 amide bonds. The van der Waals surface area contributed by atoms with E-state index >= 15 is 0 Å². The van der Waals surface area contributed by atoms with E-state index in [0.717, 1.165) is 14.2 Å². The van der Waals surface area contributed by atoms with Gasteiger partial charge >= 0.3 is 10.2 Å². The predicted molar refractivity (Wildman–Crippen MR) is 114 cm³/mol. The molecule has 8 nitrogen and oxygen atoms in total. The van der Waals surface area contributed by atoms with Crippen molar-refractivity contribution in [3.63, 3.8) is 0 Å². The van der Waals surface area contributed by atoms with Crippen LogP contribution in [0.1, 0.15) is 32.4 Å². The summed E-state index contributed by atoms with van der Waals surface area (Å²) in [5, 5.41) is 9.99. The van der Waals surface area contributed by atoms with Crippen molar-refractivity contribution in [1.82, 2.24) is 9.88 Å². The Balaban J connectivity index is 1.37. The second kappa shape index (κ2) is 6.63. The summed E-state index contributed by atoms with van der Waals surface area (Å²) in [6, 6.07) is 3.37. The van der Waals surface area contributed by atoms with Gasteiger partial charge in [-0.1, -0.05) is 6.08 Å². The lowest BCUT2D eigenvalue weighted by atomic mass is 9.99. The molecule has 5 rings (SSSR count). The van der Waals surface area contributed by atoms with Crippen molar-refractivity contribution in [2.24, 2.45) is 17.8 Å². The van der Waals surface area contributed by atoms with E-state index in [1.54, 1.807) is 17.0 Å². The van der Waals surface area contributed by atoms with Crippen molar-refractivity contribution < 1.29 is 27.1 Å². The van der Waals surface area contributed by atoms with Gasteiger partial charge in [0.1, 0.15) is 5.60 Å². The van der Waals surface area contributed by atoms with Crippen LogP contribution < -0.4 is 8.61 Å². The number of anilines is 2. The molecule has 0 radical (unpaired) electrons. The zero-order chi connectivity index (χ0) is 23.2. The molecule has 3 unspecified atom stereocenters. The van der Waals surface area contributed by atoms with Gasteiger partial charge in [-0.05, 0) is 49.8 Å². The number of carbonyl (C=O) groups is 1. The van der Waals surface area contributed by atoms with Gasteiger partial charge in [0.25, 0.3) is 11.8 Å². The average Bonchev–Trinajstić information content (AvgIpc) is 3.00. The number of alkyl halides is 2. The van der Waals surface area contributed by atoms with Crippen molar-refractivity contribution in [3.8, 4) is 0 Å². The van der Waals surface area contributed by atoms with Gasteiger partial charge < -0.3 is 10.0 Å². The van der Waals surface area contributed by atoms with Crippen LogP contribution in [0.5, 0.6) is 0 Å². The first-order valence-electron chi connectivity index (χ1n) is 10.7. The molecule has 1 aromatic heterocycles. The fraction of sp³-hybridized carbons (Fsp3) is 0.619. The molecule has 174 valence electrons. The van der Waals surface area contributed by atoms with E-state index in [0.29, 0.717) is 30.9 Å². The lowest BCUT2D eigenvalue weighted by Crippen LogP contribution is -2.44.